The molecule has 3 atom stereocenters. The quantitative estimate of drug-likeness (QED) is 0.149. The molecule has 0 radical (unpaired) electrons. The van der Waals surface area contributed by atoms with Gasteiger partial charge in [-0.2, -0.15) is 13.2 Å². The third-order valence-corrected chi connectivity index (χ3v) is 7.25. The molecule has 0 bridgehead atoms. The molecule has 0 amide bonds. The van der Waals surface area contributed by atoms with E-state index in [1.165, 1.54) is 0 Å². The van der Waals surface area contributed by atoms with Gasteiger partial charge in [0.15, 0.2) is 0 Å². The number of carbonyl (C=O) groups is 1. The minimum atomic E-state index is -4.82. The predicted octanol–water partition coefficient (Wildman–Crippen LogP) is 8.24. The Morgan fingerprint density at radius 1 is 1.03 bits per heavy atom. The van der Waals surface area contributed by atoms with Crippen LogP contribution < -0.4 is 0 Å². The van der Waals surface area contributed by atoms with Gasteiger partial charge in [-0.15, -0.1) is 0 Å². The number of hydrogen-bond acceptors (Lipinski definition) is 3. The SMILES string of the molecule is C=C(C(=O)OC(C)(C)C1CC=C(C)C(OC(C)c2c3ccccc3cc3ccccc23)C1)C(F)(F)F. The van der Waals surface area contributed by atoms with Crippen LogP contribution in [0.25, 0.3) is 21.5 Å². The average Bonchev–Trinajstić information content (AvgIpc) is 2.82. The van der Waals surface area contributed by atoms with Crippen LogP contribution >= 0.6 is 0 Å². The summed E-state index contributed by atoms with van der Waals surface area (Å²) in [5.74, 6) is -1.65. The van der Waals surface area contributed by atoms with Gasteiger partial charge in [0.2, 0.25) is 0 Å². The van der Waals surface area contributed by atoms with Crippen LogP contribution in [0.15, 0.2) is 78.4 Å². The molecule has 3 aromatic rings. The first-order valence-electron chi connectivity index (χ1n) is 12.1. The Morgan fingerprint density at radius 3 is 2.14 bits per heavy atom. The van der Waals surface area contributed by atoms with E-state index in [1.807, 2.05) is 44.2 Å². The van der Waals surface area contributed by atoms with Gasteiger partial charge in [0.25, 0.3) is 0 Å². The molecule has 1 aliphatic rings. The Labute approximate surface area is 209 Å². The molecule has 190 valence electrons. The highest BCUT2D eigenvalue weighted by Crippen LogP contribution is 2.40. The fourth-order valence-corrected chi connectivity index (χ4v) is 5.03. The minimum Gasteiger partial charge on any atom is -0.456 e. The number of benzene rings is 3. The van der Waals surface area contributed by atoms with Gasteiger partial charge in [-0.3, -0.25) is 0 Å². The number of fused-ring (bicyclic) bond motifs is 2. The lowest BCUT2D eigenvalue weighted by atomic mass is 9.78. The van der Waals surface area contributed by atoms with Crippen molar-refractivity contribution in [3.8, 4) is 0 Å². The van der Waals surface area contributed by atoms with Crippen molar-refractivity contribution in [1.29, 1.82) is 0 Å². The Hall–Kier alpha value is -3.12. The second-order valence-corrected chi connectivity index (χ2v) is 10.1. The van der Waals surface area contributed by atoms with Crippen LogP contribution in [0, 0.1) is 5.92 Å². The molecule has 6 heteroatoms. The first-order valence-corrected chi connectivity index (χ1v) is 12.1. The molecule has 4 rings (SSSR count). The summed E-state index contributed by atoms with van der Waals surface area (Å²) < 4.78 is 50.7. The zero-order chi connectivity index (χ0) is 26.3. The molecule has 3 nitrogen and oxygen atoms in total. The number of allylic oxidation sites excluding steroid dienone is 1. The maximum absolute atomic E-state index is 12.9. The third kappa shape index (κ3) is 5.19. The number of hydrogen-bond donors (Lipinski definition) is 0. The van der Waals surface area contributed by atoms with Crippen molar-refractivity contribution in [2.75, 3.05) is 0 Å². The largest absolute Gasteiger partial charge is 0.456 e. The summed E-state index contributed by atoms with van der Waals surface area (Å²) in [5.41, 5.74) is -0.461. The summed E-state index contributed by atoms with van der Waals surface area (Å²) >= 11 is 0. The lowest BCUT2D eigenvalue weighted by Gasteiger charge is -2.39. The number of alkyl halides is 3. The van der Waals surface area contributed by atoms with Crippen LogP contribution in [0.2, 0.25) is 0 Å². The molecule has 36 heavy (non-hydrogen) atoms. The predicted molar refractivity (Wildman–Crippen MR) is 137 cm³/mol. The van der Waals surface area contributed by atoms with Crippen molar-refractivity contribution < 1.29 is 27.4 Å². The van der Waals surface area contributed by atoms with E-state index in [9.17, 15) is 18.0 Å². The van der Waals surface area contributed by atoms with E-state index in [1.54, 1.807) is 13.8 Å². The Balaban J connectivity index is 1.58. The molecule has 3 aromatic carbocycles. The van der Waals surface area contributed by atoms with E-state index in [0.29, 0.717) is 12.8 Å². The molecule has 0 aliphatic heterocycles. The highest BCUT2D eigenvalue weighted by molar-refractivity contribution is 6.02. The van der Waals surface area contributed by atoms with Gasteiger partial charge < -0.3 is 9.47 Å². The number of carbonyl (C=O) groups excluding carboxylic acids is 1. The highest BCUT2D eigenvalue weighted by Gasteiger charge is 2.43. The van der Waals surface area contributed by atoms with Crippen molar-refractivity contribution in [2.45, 2.75) is 64.5 Å². The summed E-state index contributed by atoms with van der Waals surface area (Å²) in [6.45, 7) is 10.2. The molecule has 1 aliphatic carbocycles. The number of rotatable bonds is 6. The van der Waals surface area contributed by atoms with Gasteiger partial charge in [0.1, 0.15) is 11.2 Å². The van der Waals surface area contributed by atoms with Crippen molar-refractivity contribution in [3.05, 3.63) is 84.0 Å². The molecule has 0 saturated heterocycles. The number of halogens is 3. The maximum Gasteiger partial charge on any atom is 0.422 e. The summed E-state index contributed by atoms with van der Waals surface area (Å²) in [5, 5.41) is 4.51. The molecule has 0 spiro atoms. The zero-order valence-corrected chi connectivity index (χ0v) is 21.0. The monoisotopic (exact) mass is 496 g/mol. The minimum absolute atomic E-state index is 0.215. The lowest BCUT2D eigenvalue weighted by molar-refractivity contribution is -0.168. The third-order valence-electron chi connectivity index (χ3n) is 7.25. The molecule has 0 fully saturated rings. The van der Waals surface area contributed by atoms with Gasteiger partial charge in [0.05, 0.1) is 12.2 Å². The normalized spacial score (nSPS) is 19.7. The fourth-order valence-electron chi connectivity index (χ4n) is 5.03. The van der Waals surface area contributed by atoms with Gasteiger partial charge >= 0.3 is 12.1 Å². The molecular weight excluding hydrogens is 465 g/mol. The zero-order valence-electron chi connectivity index (χ0n) is 21.0. The molecule has 0 heterocycles. The number of esters is 1. The Kier molecular flexibility index (Phi) is 7.02. The summed E-state index contributed by atoms with van der Waals surface area (Å²) in [6.07, 6.45) is -2.20. The van der Waals surface area contributed by atoms with Crippen LogP contribution in [0.3, 0.4) is 0 Å². The van der Waals surface area contributed by atoms with E-state index in [-0.39, 0.29) is 18.1 Å². The Morgan fingerprint density at radius 2 is 1.58 bits per heavy atom. The van der Waals surface area contributed by atoms with Crippen LogP contribution in [-0.4, -0.2) is 23.9 Å². The van der Waals surface area contributed by atoms with Crippen LogP contribution in [-0.2, 0) is 14.3 Å². The van der Waals surface area contributed by atoms with E-state index < -0.39 is 23.3 Å². The molecular formula is C30H31F3O3. The fraction of sp³-hybridized carbons (Fsp3) is 0.367. The smallest absolute Gasteiger partial charge is 0.422 e. The summed E-state index contributed by atoms with van der Waals surface area (Å²) in [7, 11) is 0. The lowest BCUT2D eigenvalue weighted by Crippen LogP contribution is -2.41. The van der Waals surface area contributed by atoms with Gasteiger partial charge in [-0.1, -0.05) is 61.2 Å². The van der Waals surface area contributed by atoms with E-state index in [4.69, 9.17) is 9.47 Å². The number of ether oxygens (including phenoxy) is 2. The first kappa shape index (κ1) is 26.0. The second-order valence-electron chi connectivity index (χ2n) is 10.1. The van der Waals surface area contributed by atoms with Gasteiger partial charge in [-0.05, 0) is 79.3 Å². The molecule has 0 N–H and O–H groups in total. The van der Waals surface area contributed by atoms with Gasteiger partial charge in [0, 0.05) is 5.92 Å². The average molecular weight is 497 g/mol. The highest BCUT2D eigenvalue weighted by atomic mass is 19.4. The summed E-state index contributed by atoms with van der Waals surface area (Å²) in [4.78, 5) is 12.1. The maximum atomic E-state index is 12.9. The van der Waals surface area contributed by atoms with E-state index >= 15 is 0 Å². The molecule has 3 unspecified atom stereocenters. The van der Waals surface area contributed by atoms with E-state index in [0.717, 1.165) is 32.7 Å². The van der Waals surface area contributed by atoms with Crippen LogP contribution in [0.5, 0.6) is 0 Å². The van der Waals surface area contributed by atoms with Crippen molar-refractivity contribution in [1.82, 2.24) is 0 Å². The van der Waals surface area contributed by atoms with Crippen molar-refractivity contribution in [2.24, 2.45) is 5.92 Å². The van der Waals surface area contributed by atoms with Crippen LogP contribution in [0.1, 0.15) is 52.2 Å². The van der Waals surface area contributed by atoms with Crippen LogP contribution in [0.4, 0.5) is 13.2 Å². The van der Waals surface area contributed by atoms with E-state index in [2.05, 4.69) is 36.9 Å². The van der Waals surface area contributed by atoms with Crippen molar-refractivity contribution in [3.63, 3.8) is 0 Å². The van der Waals surface area contributed by atoms with Gasteiger partial charge in [-0.25, -0.2) is 4.79 Å². The van der Waals surface area contributed by atoms with Crippen molar-refractivity contribution >= 4 is 27.5 Å². The topological polar surface area (TPSA) is 35.5 Å². The first-order chi connectivity index (χ1) is 16.9. The standard InChI is InChI=1S/C30H31F3O3/c1-18-14-15-23(29(4,5)36-28(34)19(2)30(31,32)33)17-26(18)35-20(3)27-24-12-8-6-10-21(24)16-22-11-7-9-13-25(22)27/h6-14,16,20,23,26H,2,15,17H2,1,3-5H3. The molecule has 0 aromatic heterocycles. The second kappa shape index (κ2) is 9.74. The Bertz CT molecular complexity index is 1280. The summed E-state index contributed by atoms with van der Waals surface area (Å²) in [6, 6.07) is 18.6. The molecule has 0 saturated carbocycles.